The Morgan fingerprint density at radius 3 is 2.33 bits per heavy atom. The summed E-state index contributed by atoms with van der Waals surface area (Å²) in [4.78, 5) is 49.2. The van der Waals surface area contributed by atoms with Crippen molar-refractivity contribution < 1.29 is 33.9 Å². The molecule has 10 heteroatoms. The lowest BCUT2D eigenvalue weighted by Gasteiger charge is -2.17. The molecule has 0 aromatic rings. The Bertz CT molecular complexity index is 386. The number of hydroxylamine groups is 1. The Morgan fingerprint density at radius 2 is 1.81 bits per heavy atom. The molecule has 0 aliphatic carbocycles. The molecule has 0 unspecified atom stereocenters. The highest BCUT2D eigenvalue weighted by Gasteiger charge is 2.22. The predicted molar refractivity (Wildman–Crippen MR) is 68.8 cm³/mol. The van der Waals surface area contributed by atoms with E-state index < -0.39 is 29.8 Å². The summed E-state index contributed by atoms with van der Waals surface area (Å²) in [6, 6.07) is -1.07. The minimum Gasteiger partial charge on any atom is -0.481 e. The van der Waals surface area contributed by atoms with Gasteiger partial charge in [0, 0.05) is 6.42 Å². The van der Waals surface area contributed by atoms with Crippen molar-refractivity contribution in [2.24, 2.45) is 0 Å². The number of carboxylic acid groups (broad SMARTS) is 1. The fourth-order valence-electron chi connectivity index (χ4n) is 1.27. The van der Waals surface area contributed by atoms with Gasteiger partial charge in [-0.05, 0) is 6.42 Å². The second kappa shape index (κ2) is 10.6. The molecule has 0 spiro atoms. The zero-order valence-electron chi connectivity index (χ0n) is 11.8. The third-order valence-corrected chi connectivity index (χ3v) is 2.31. The van der Waals surface area contributed by atoms with Gasteiger partial charge in [0.15, 0.2) is 0 Å². The Balaban J connectivity index is 4.48. The summed E-state index contributed by atoms with van der Waals surface area (Å²) in [6.07, 6.45) is -0.421. The van der Waals surface area contributed by atoms with Gasteiger partial charge in [0.1, 0.15) is 12.6 Å². The smallest absolute Gasteiger partial charge is 0.325 e. The molecule has 4 N–H and O–H groups in total. The quantitative estimate of drug-likeness (QED) is 0.262. The highest BCUT2D eigenvalue weighted by Crippen LogP contribution is 1.98. The lowest BCUT2D eigenvalue weighted by molar-refractivity contribution is -0.142. The molecule has 0 rings (SSSR count). The van der Waals surface area contributed by atoms with E-state index in [-0.39, 0.29) is 25.9 Å². The molecule has 10 nitrogen and oxygen atoms in total. The Morgan fingerprint density at radius 1 is 1.14 bits per heavy atom. The molecular weight excluding hydrogens is 286 g/mol. The number of rotatable bonds is 10. The van der Waals surface area contributed by atoms with Crippen LogP contribution in [0.3, 0.4) is 0 Å². The van der Waals surface area contributed by atoms with Crippen LogP contribution in [0.25, 0.3) is 0 Å². The van der Waals surface area contributed by atoms with Crippen molar-refractivity contribution in [3.63, 3.8) is 0 Å². The average molecular weight is 305 g/mol. The molecule has 0 radical (unpaired) electrons. The summed E-state index contributed by atoms with van der Waals surface area (Å²) in [5.74, 6) is -2.99. The van der Waals surface area contributed by atoms with E-state index in [0.717, 1.165) is 7.11 Å². The monoisotopic (exact) mass is 305 g/mol. The number of methoxy groups -OCH3 is 1. The first-order valence-corrected chi connectivity index (χ1v) is 6.02. The number of carbonyl (C=O) groups excluding carboxylic acids is 3. The van der Waals surface area contributed by atoms with E-state index in [1.165, 1.54) is 7.11 Å². The van der Waals surface area contributed by atoms with E-state index >= 15 is 0 Å². The number of nitrogens with one attached hydrogen (secondary N) is 3. The molecule has 2 amide bonds. The van der Waals surface area contributed by atoms with Crippen LogP contribution in [0.15, 0.2) is 0 Å². The Kier molecular flexibility index (Phi) is 9.46. The topological polar surface area (TPSA) is 143 Å². The lowest BCUT2D eigenvalue weighted by atomic mass is 10.1. The van der Waals surface area contributed by atoms with Crippen LogP contribution in [-0.4, -0.2) is 62.2 Å². The maximum Gasteiger partial charge on any atom is 0.325 e. The van der Waals surface area contributed by atoms with Crippen LogP contribution in [0.5, 0.6) is 0 Å². The highest BCUT2D eigenvalue weighted by molar-refractivity contribution is 5.90. The molecule has 0 heterocycles. The Labute approximate surface area is 121 Å². The number of carboxylic acids is 1. The van der Waals surface area contributed by atoms with Crippen LogP contribution >= 0.6 is 0 Å². The van der Waals surface area contributed by atoms with Gasteiger partial charge >= 0.3 is 11.9 Å². The van der Waals surface area contributed by atoms with E-state index in [9.17, 15) is 19.2 Å². The summed E-state index contributed by atoms with van der Waals surface area (Å²) >= 11 is 0. The molecular formula is C11H19N3O7. The minimum absolute atomic E-state index is 0.110. The van der Waals surface area contributed by atoms with Crippen molar-refractivity contribution in [3.05, 3.63) is 0 Å². The SMILES string of the molecule is CONCC(=O)N[C@@H](CCC(=O)O)C(=O)NCC(=O)OC. The highest BCUT2D eigenvalue weighted by atomic mass is 16.6. The molecule has 21 heavy (non-hydrogen) atoms. The van der Waals surface area contributed by atoms with Crippen LogP contribution in [0.4, 0.5) is 0 Å². The number of carbonyl (C=O) groups is 4. The van der Waals surface area contributed by atoms with Crippen molar-refractivity contribution in [2.45, 2.75) is 18.9 Å². The molecule has 0 saturated heterocycles. The molecule has 120 valence electrons. The van der Waals surface area contributed by atoms with E-state index in [4.69, 9.17) is 5.11 Å². The maximum absolute atomic E-state index is 11.8. The molecule has 0 aromatic heterocycles. The van der Waals surface area contributed by atoms with Crippen molar-refractivity contribution in [1.29, 1.82) is 0 Å². The van der Waals surface area contributed by atoms with Gasteiger partial charge in [0.05, 0.1) is 20.8 Å². The van der Waals surface area contributed by atoms with Crippen LogP contribution in [-0.2, 0) is 28.8 Å². The molecule has 0 aliphatic rings. The summed E-state index contributed by atoms with van der Waals surface area (Å²) in [5, 5.41) is 13.2. The lowest BCUT2D eigenvalue weighted by Crippen LogP contribution is -2.50. The number of ether oxygens (including phenoxy) is 1. The number of hydrogen-bond donors (Lipinski definition) is 4. The van der Waals surface area contributed by atoms with Crippen LogP contribution in [0, 0.1) is 0 Å². The fraction of sp³-hybridized carbons (Fsp3) is 0.636. The first kappa shape index (κ1) is 18.8. The van der Waals surface area contributed by atoms with E-state index in [1.807, 2.05) is 0 Å². The standard InChI is InChI=1S/C11H19N3O7/c1-20-10(18)6-12-11(19)7(3-4-9(16)17)14-8(15)5-13-21-2/h7,13H,3-6H2,1-2H3,(H,12,19)(H,14,15)(H,16,17)/t7-/m0/s1. The summed E-state index contributed by atoms with van der Waals surface area (Å²) < 4.78 is 4.35. The third kappa shape index (κ3) is 9.35. The summed E-state index contributed by atoms with van der Waals surface area (Å²) in [5.41, 5.74) is 2.28. The van der Waals surface area contributed by atoms with Crippen molar-refractivity contribution in [3.8, 4) is 0 Å². The van der Waals surface area contributed by atoms with Gasteiger partial charge in [-0.3, -0.25) is 19.2 Å². The van der Waals surface area contributed by atoms with Crippen molar-refractivity contribution >= 4 is 23.8 Å². The van der Waals surface area contributed by atoms with E-state index in [1.54, 1.807) is 0 Å². The van der Waals surface area contributed by atoms with Crippen molar-refractivity contribution in [2.75, 3.05) is 27.3 Å². The van der Waals surface area contributed by atoms with Gasteiger partial charge in [-0.2, -0.15) is 5.48 Å². The number of amides is 2. The normalized spacial score (nSPS) is 11.3. The number of esters is 1. The summed E-state index contributed by atoms with van der Waals surface area (Å²) in [7, 11) is 2.48. The number of aliphatic carboxylic acids is 1. The maximum atomic E-state index is 11.8. The van der Waals surface area contributed by atoms with Crippen molar-refractivity contribution in [1.82, 2.24) is 16.1 Å². The zero-order valence-corrected chi connectivity index (χ0v) is 11.8. The molecule has 0 saturated carbocycles. The summed E-state index contributed by atoms with van der Waals surface area (Å²) in [6.45, 7) is -0.574. The first-order chi connectivity index (χ1) is 9.90. The van der Waals surface area contributed by atoms with Gasteiger partial charge < -0.3 is 25.3 Å². The predicted octanol–water partition coefficient (Wildman–Crippen LogP) is -2.22. The number of hydrogen-bond acceptors (Lipinski definition) is 7. The molecule has 0 aliphatic heterocycles. The Hall–Kier alpha value is -2.20. The van der Waals surface area contributed by atoms with Crippen LogP contribution < -0.4 is 16.1 Å². The fourth-order valence-corrected chi connectivity index (χ4v) is 1.27. The first-order valence-electron chi connectivity index (χ1n) is 6.02. The third-order valence-electron chi connectivity index (χ3n) is 2.31. The molecule has 1 atom stereocenters. The van der Waals surface area contributed by atoms with Gasteiger partial charge in [-0.1, -0.05) is 0 Å². The zero-order chi connectivity index (χ0) is 16.3. The van der Waals surface area contributed by atoms with E-state index in [2.05, 4.69) is 25.7 Å². The largest absolute Gasteiger partial charge is 0.481 e. The van der Waals surface area contributed by atoms with E-state index in [0.29, 0.717) is 0 Å². The average Bonchev–Trinajstić information content (AvgIpc) is 2.46. The molecule has 0 bridgehead atoms. The molecule has 0 aromatic carbocycles. The molecule has 0 fully saturated rings. The van der Waals surface area contributed by atoms with Gasteiger partial charge in [0.25, 0.3) is 0 Å². The second-order valence-electron chi connectivity index (χ2n) is 3.87. The van der Waals surface area contributed by atoms with Gasteiger partial charge in [0.2, 0.25) is 11.8 Å². The second-order valence-corrected chi connectivity index (χ2v) is 3.87. The van der Waals surface area contributed by atoms with Gasteiger partial charge in [-0.25, -0.2) is 0 Å². The van der Waals surface area contributed by atoms with Gasteiger partial charge in [-0.15, -0.1) is 0 Å². The minimum atomic E-state index is -1.11. The van der Waals surface area contributed by atoms with Crippen LogP contribution in [0.1, 0.15) is 12.8 Å². The van der Waals surface area contributed by atoms with Crippen LogP contribution in [0.2, 0.25) is 0 Å².